The Balaban J connectivity index is 2.02. The van der Waals surface area contributed by atoms with E-state index in [2.05, 4.69) is 16.0 Å². The number of rotatable bonds is 2. The van der Waals surface area contributed by atoms with Gasteiger partial charge in [0.2, 0.25) is 0 Å². The third-order valence-electron chi connectivity index (χ3n) is 3.87. The summed E-state index contributed by atoms with van der Waals surface area (Å²) >= 11 is 0. The highest BCUT2D eigenvalue weighted by Crippen LogP contribution is 2.46. The van der Waals surface area contributed by atoms with Gasteiger partial charge in [0.25, 0.3) is 0 Å². The second-order valence-corrected chi connectivity index (χ2v) is 4.93. The van der Waals surface area contributed by atoms with Gasteiger partial charge in [-0.05, 0) is 30.7 Å². The summed E-state index contributed by atoms with van der Waals surface area (Å²) in [6.45, 7) is 3.82. The number of nitrogens with zero attached hydrogens (tertiary/aromatic N) is 3. The number of aromatic nitrogens is 1. The predicted octanol–water partition coefficient (Wildman–Crippen LogP) is 1.53. The highest BCUT2D eigenvalue weighted by molar-refractivity contribution is 5.79. The number of carbonyl (C=O) groups excluding carboxylic acids is 1. The van der Waals surface area contributed by atoms with Gasteiger partial charge in [-0.25, -0.2) is 4.98 Å². The molecule has 0 radical (unpaired) electrons. The molecule has 2 unspecified atom stereocenters. The number of hydrogen-bond acceptors (Lipinski definition) is 4. The number of carbonyl (C=O) groups is 1. The molecule has 17 heavy (non-hydrogen) atoms. The molecule has 0 spiro atoms. The molecule has 86 valence electrons. The van der Waals surface area contributed by atoms with Crippen molar-refractivity contribution in [1.29, 1.82) is 5.26 Å². The smallest absolute Gasteiger partial charge is 0.151 e. The minimum atomic E-state index is 0.509. The van der Waals surface area contributed by atoms with E-state index < -0.39 is 0 Å². The van der Waals surface area contributed by atoms with Crippen LogP contribution in [0.4, 0.5) is 5.82 Å². The lowest BCUT2D eigenvalue weighted by atomic mass is 10.1. The molecule has 1 saturated carbocycles. The molecule has 1 aliphatic heterocycles. The molecule has 2 heterocycles. The second-order valence-electron chi connectivity index (χ2n) is 4.93. The van der Waals surface area contributed by atoms with Crippen LogP contribution in [-0.2, 0) is 0 Å². The van der Waals surface area contributed by atoms with Crippen LogP contribution in [0.3, 0.4) is 0 Å². The number of anilines is 1. The lowest BCUT2D eigenvalue weighted by molar-refractivity contribution is 0.112. The van der Waals surface area contributed by atoms with Crippen molar-refractivity contribution in [3.05, 3.63) is 22.9 Å². The van der Waals surface area contributed by atoms with Crippen LogP contribution in [0.25, 0.3) is 0 Å². The molecular formula is C13H13N3O. The number of aldehydes is 1. The number of hydrogen-bond donors (Lipinski definition) is 0. The van der Waals surface area contributed by atoms with Crippen molar-refractivity contribution in [1.82, 2.24) is 4.98 Å². The molecule has 4 nitrogen and oxygen atoms in total. The van der Waals surface area contributed by atoms with E-state index in [0.29, 0.717) is 11.1 Å². The van der Waals surface area contributed by atoms with Crippen molar-refractivity contribution in [3.8, 4) is 6.07 Å². The Hall–Kier alpha value is -1.89. The van der Waals surface area contributed by atoms with E-state index in [1.807, 2.05) is 6.92 Å². The van der Waals surface area contributed by atoms with Crippen molar-refractivity contribution in [2.24, 2.45) is 11.8 Å². The van der Waals surface area contributed by atoms with E-state index in [9.17, 15) is 10.1 Å². The SMILES string of the molecule is Cc1c(C=O)cnc(N2CC3CC3C2)c1C#N. The van der Waals surface area contributed by atoms with E-state index >= 15 is 0 Å². The Morgan fingerprint density at radius 3 is 2.82 bits per heavy atom. The molecule has 0 amide bonds. The van der Waals surface area contributed by atoms with Gasteiger partial charge in [0, 0.05) is 24.8 Å². The molecule has 2 atom stereocenters. The maximum absolute atomic E-state index is 10.8. The van der Waals surface area contributed by atoms with Gasteiger partial charge in [-0.3, -0.25) is 4.79 Å². The lowest BCUT2D eigenvalue weighted by Crippen LogP contribution is -2.24. The van der Waals surface area contributed by atoms with Gasteiger partial charge in [-0.2, -0.15) is 5.26 Å². The number of piperidine rings is 1. The average molecular weight is 227 g/mol. The lowest BCUT2D eigenvalue weighted by Gasteiger charge is -2.21. The fraction of sp³-hybridized carbons (Fsp3) is 0.462. The monoisotopic (exact) mass is 227 g/mol. The number of pyridine rings is 1. The maximum Gasteiger partial charge on any atom is 0.151 e. The maximum atomic E-state index is 10.8. The summed E-state index contributed by atoms with van der Waals surface area (Å²) in [6.07, 6.45) is 3.65. The molecule has 2 fully saturated rings. The highest BCUT2D eigenvalue weighted by atomic mass is 16.1. The summed E-state index contributed by atoms with van der Waals surface area (Å²) in [7, 11) is 0. The minimum absolute atomic E-state index is 0.509. The third-order valence-corrected chi connectivity index (χ3v) is 3.87. The number of nitriles is 1. The molecule has 1 aromatic rings. The molecule has 1 aliphatic carbocycles. The molecular weight excluding hydrogens is 214 g/mol. The van der Waals surface area contributed by atoms with Crippen LogP contribution in [0, 0.1) is 30.1 Å². The molecule has 3 rings (SSSR count). The van der Waals surface area contributed by atoms with E-state index in [0.717, 1.165) is 42.6 Å². The van der Waals surface area contributed by atoms with E-state index in [1.54, 1.807) is 6.20 Å². The summed E-state index contributed by atoms with van der Waals surface area (Å²) < 4.78 is 0. The Bertz CT molecular complexity index is 522. The third kappa shape index (κ3) is 1.50. The Morgan fingerprint density at radius 2 is 2.24 bits per heavy atom. The quantitative estimate of drug-likeness (QED) is 0.719. The van der Waals surface area contributed by atoms with Crippen LogP contribution in [0.5, 0.6) is 0 Å². The Kier molecular flexibility index (Phi) is 2.15. The summed E-state index contributed by atoms with van der Waals surface area (Å²) in [4.78, 5) is 17.3. The molecule has 1 saturated heterocycles. The van der Waals surface area contributed by atoms with Gasteiger partial charge in [-0.15, -0.1) is 0 Å². The van der Waals surface area contributed by atoms with Crippen molar-refractivity contribution in [2.45, 2.75) is 13.3 Å². The highest BCUT2D eigenvalue weighted by Gasteiger charge is 2.45. The zero-order valence-corrected chi connectivity index (χ0v) is 9.68. The van der Waals surface area contributed by atoms with E-state index in [-0.39, 0.29) is 0 Å². The molecule has 0 aromatic carbocycles. The summed E-state index contributed by atoms with van der Waals surface area (Å²) in [6, 6.07) is 2.18. The van der Waals surface area contributed by atoms with Crippen LogP contribution in [0.2, 0.25) is 0 Å². The van der Waals surface area contributed by atoms with Crippen molar-refractivity contribution in [2.75, 3.05) is 18.0 Å². The van der Waals surface area contributed by atoms with E-state index in [1.165, 1.54) is 6.42 Å². The standard InChI is InChI=1S/C13H13N3O/c1-8-11(7-17)4-15-13(12(8)3-14)16-5-9-2-10(9)6-16/h4,7,9-10H,2,5-6H2,1H3. The minimum Gasteiger partial charge on any atom is -0.355 e. The molecule has 4 heteroatoms. The summed E-state index contributed by atoms with van der Waals surface area (Å²) in [5.41, 5.74) is 1.80. The van der Waals surface area contributed by atoms with Crippen LogP contribution in [0.1, 0.15) is 27.9 Å². The first kappa shape index (κ1) is 10.3. The van der Waals surface area contributed by atoms with Crippen molar-refractivity contribution < 1.29 is 4.79 Å². The molecule has 2 aliphatic rings. The Labute approximate surface area is 99.9 Å². The van der Waals surface area contributed by atoms with Crippen molar-refractivity contribution >= 4 is 12.1 Å². The Morgan fingerprint density at radius 1 is 1.53 bits per heavy atom. The normalized spacial score (nSPS) is 25.3. The molecule has 0 bridgehead atoms. The topological polar surface area (TPSA) is 57.0 Å². The first-order chi connectivity index (χ1) is 8.24. The van der Waals surface area contributed by atoms with Gasteiger partial charge in [0.05, 0.1) is 5.56 Å². The molecule has 0 N–H and O–H groups in total. The summed E-state index contributed by atoms with van der Waals surface area (Å²) in [5, 5.41) is 9.22. The van der Waals surface area contributed by atoms with Crippen LogP contribution in [-0.4, -0.2) is 24.4 Å². The first-order valence-corrected chi connectivity index (χ1v) is 5.84. The fourth-order valence-electron chi connectivity index (χ4n) is 2.67. The van der Waals surface area contributed by atoms with Gasteiger partial charge in [0.15, 0.2) is 6.29 Å². The van der Waals surface area contributed by atoms with Gasteiger partial charge >= 0.3 is 0 Å². The van der Waals surface area contributed by atoms with Crippen molar-refractivity contribution in [3.63, 3.8) is 0 Å². The van der Waals surface area contributed by atoms with Gasteiger partial charge < -0.3 is 4.90 Å². The van der Waals surface area contributed by atoms with Gasteiger partial charge in [-0.1, -0.05) is 0 Å². The van der Waals surface area contributed by atoms with Crippen LogP contribution >= 0.6 is 0 Å². The molecule has 1 aromatic heterocycles. The number of fused-ring (bicyclic) bond motifs is 1. The fourth-order valence-corrected chi connectivity index (χ4v) is 2.67. The zero-order valence-electron chi connectivity index (χ0n) is 9.68. The second kappa shape index (κ2) is 3.56. The van der Waals surface area contributed by atoms with E-state index in [4.69, 9.17) is 0 Å². The van der Waals surface area contributed by atoms with Crippen LogP contribution < -0.4 is 4.90 Å². The zero-order chi connectivity index (χ0) is 12.0. The van der Waals surface area contributed by atoms with Gasteiger partial charge in [0.1, 0.15) is 11.9 Å². The predicted molar refractivity (Wildman–Crippen MR) is 62.9 cm³/mol. The average Bonchev–Trinajstić information content (AvgIpc) is 2.96. The van der Waals surface area contributed by atoms with Crippen LogP contribution in [0.15, 0.2) is 6.20 Å². The first-order valence-electron chi connectivity index (χ1n) is 5.84. The largest absolute Gasteiger partial charge is 0.355 e. The summed E-state index contributed by atoms with van der Waals surface area (Å²) in [5.74, 6) is 2.35.